The normalized spacial score (nSPS) is 20.9. The number of carbonyl (C=O) groups is 2. The number of benzene rings is 2. The van der Waals surface area contributed by atoms with E-state index in [-0.39, 0.29) is 36.2 Å². The van der Waals surface area contributed by atoms with Crippen LogP contribution in [0.5, 0.6) is 23.0 Å². The predicted molar refractivity (Wildman–Crippen MR) is 147 cm³/mol. The molecule has 9 heteroatoms. The summed E-state index contributed by atoms with van der Waals surface area (Å²) in [6, 6.07) is 9.10. The summed E-state index contributed by atoms with van der Waals surface area (Å²) in [5.41, 5.74) is 3.20. The van der Waals surface area contributed by atoms with Crippen LogP contribution in [0.25, 0.3) is 0 Å². The van der Waals surface area contributed by atoms with Gasteiger partial charge in [-0.3, -0.25) is 9.79 Å². The van der Waals surface area contributed by atoms with Crippen molar-refractivity contribution in [2.24, 2.45) is 10.9 Å². The fraction of sp³-hybridized carbons (Fsp3) is 0.414. The van der Waals surface area contributed by atoms with E-state index in [1.807, 2.05) is 25.1 Å². The Morgan fingerprint density at radius 2 is 1.71 bits per heavy atom. The number of aliphatic imine (C=N–C) groups is 1. The standard InChI is InChI=1S/C29H32BrNO7/c1-6-37-24-14-18(10-19(30)28(24)33)26-25(29(34)38-7-2)15(3)31-20-11-17(12-21(32)27(20)26)16-8-9-22(35-4)23(13-16)36-5/h8-10,13-14,17,26-27,33H,6-7,11-12H2,1-5H3/t17-,26-,27?/m1/s1. The van der Waals surface area contributed by atoms with Gasteiger partial charge in [-0.05, 0) is 84.4 Å². The molecule has 38 heavy (non-hydrogen) atoms. The zero-order chi connectivity index (χ0) is 27.6. The van der Waals surface area contributed by atoms with Gasteiger partial charge in [-0.25, -0.2) is 4.79 Å². The first-order valence-corrected chi connectivity index (χ1v) is 13.4. The van der Waals surface area contributed by atoms with E-state index in [1.54, 1.807) is 40.2 Å². The zero-order valence-electron chi connectivity index (χ0n) is 22.2. The van der Waals surface area contributed by atoms with Gasteiger partial charge in [-0.15, -0.1) is 0 Å². The van der Waals surface area contributed by atoms with E-state index in [1.165, 1.54) is 0 Å². The number of aromatic hydroxyl groups is 1. The maximum Gasteiger partial charge on any atom is 0.336 e. The Balaban J connectivity index is 1.81. The van der Waals surface area contributed by atoms with Crippen LogP contribution in [-0.4, -0.2) is 50.0 Å². The molecule has 2 aromatic rings. The van der Waals surface area contributed by atoms with Gasteiger partial charge >= 0.3 is 5.97 Å². The largest absolute Gasteiger partial charge is 0.503 e. The number of carbonyl (C=O) groups excluding carboxylic acids is 2. The van der Waals surface area contributed by atoms with Crippen molar-refractivity contribution in [1.82, 2.24) is 0 Å². The molecule has 0 aromatic heterocycles. The molecule has 1 heterocycles. The first kappa shape index (κ1) is 27.7. The number of hydrogen-bond donors (Lipinski definition) is 1. The first-order valence-electron chi connectivity index (χ1n) is 12.6. The molecule has 0 radical (unpaired) electrons. The van der Waals surface area contributed by atoms with Crippen molar-refractivity contribution < 1.29 is 33.6 Å². The van der Waals surface area contributed by atoms with Crippen molar-refractivity contribution >= 4 is 33.4 Å². The lowest BCUT2D eigenvalue weighted by atomic mass is 9.66. The van der Waals surface area contributed by atoms with E-state index < -0.39 is 17.8 Å². The zero-order valence-corrected chi connectivity index (χ0v) is 23.8. The van der Waals surface area contributed by atoms with Gasteiger partial charge in [0.05, 0.1) is 43.4 Å². The monoisotopic (exact) mass is 585 g/mol. The average molecular weight is 586 g/mol. The van der Waals surface area contributed by atoms with Crippen LogP contribution < -0.4 is 14.2 Å². The molecule has 1 saturated carbocycles. The molecule has 1 aliphatic carbocycles. The lowest BCUT2D eigenvalue weighted by molar-refractivity contribution is -0.139. The Morgan fingerprint density at radius 1 is 1.00 bits per heavy atom. The quantitative estimate of drug-likeness (QED) is 0.396. The number of nitrogens with zero attached hydrogens (tertiary/aromatic N) is 1. The molecule has 3 atom stereocenters. The number of halogens is 1. The molecule has 4 rings (SSSR count). The molecular formula is C29H32BrNO7. The molecule has 2 aromatic carbocycles. The number of phenolic OH excluding ortho intramolecular Hbond substituents is 1. The van der Waals surface area contributed by atoms with Crippen molar-refractivity contribution in [3.63, 3.8) is 0 Å². The number of ether oxygens (including phenoxy) is 4. The molecule has 0 spiro atoms. The van der Waals surface area contributed by atoms with Gasteiger partial charge in [0.15, 0.2) is 23.0 Å². The minimum Gasteiger partial charge on any atom is -0.503 e. The Morgan fingerprint density at radius 3 is 2.37 bits per heavy atom. The summed E-state index contributed by atoms with van der Waals surface area (Å²) in [6.45, 7) is 5.87. The second-order valence-electron chi connectivity index (χ2n) is 9.25. The van der Waals surface area contributed by atoms with E-state index >= 15 is 0 Å². The Bertz CT molecular complexity index is 1320. The fourth-order valence-corrected chi connectivity index (χ4v) is 5.85. The van der Waals surface area contributed by atoms with Crippen molar-refractivity contribution in [2.75, 3.05) is 27.4 Å². The minimum absolute atomic E-state index is 0.0174. The number of fused-ring (bicyclic) bond motifs is 1. The molecule has 1 N–H and O–H groups in total. The smallest absolute Gasteiger partial charge is 0.336 e. The molecule has 0 bridgehead atoms. The molecule has 2 aliphatic rings. The van der Waals surface area contributed by atoms with Crippen molar-refractivity contribution in [3.8, 4) is 23.0 Å². The Hall–Kier alpha value is -3.33. The summed E-state index contributed by atoms with van der Waals surface area (Å²) in [5.74, 6) is -0.438. The SMILES string of the molecule is CCOC(=O)C1=C(C)N=C2C[C@@H](c3ccc(OC)c(OC)c3)CC(=O)C2[C@@H]1c1cc(Br)c(O)c(OCC)c1. The van der Waals surface area contributed by atoms with Gasteiger partial charge in [0.2, 0.25) is 0 Å². The highest BCUT2D eigenvalue weighted by Gasteiger charge is 2.46. The van der Waals surface area contributed by atoms with Crippen LogP contribution in [0, 0.1) is 5.92 Å². The van der Waals surface area contributed by atoms with Gasteiger partial charge in [0.1, 0.15) is 5.78 Å². The third-order valence-electron chi connectivity index (χ3n) is 7.04. The van der Waals surface area contributed by atoms with Crippen LogP contribution in [0.3, 0.4) is 0 Å². The topological polar surface area (TPSA) is 104 Å². The molecule has 0 saturated heterocycles. The van der Waals surface area contributed by atoms with E-state index in [2.05, 4.69) is 15.9 Å². The summed E-state index contributed by atoms with van der Waals surface area (Å²) in [4.78, 5) is 31.8. The first-order chi connectivity index (χ1) is 18.2. The third-order valence-corrected chi connectivity index (χ3v) is 7.64. The molecule has 202 valence electrons. The van der Waals surface area contributed by atoms with Gasteiger partial charge in [0, 0.05) is 23.7 Å². The molecule has 1 unspecified atom stereocenters. The fourth-order valence-electron chi connectivity index (χ4n) is 5.39. The third kappa shape index (κ3) is 5.16. The van der Waals surface area contributed by atoms with Crippen LogP contribution in [0.2, 0.25) is 0 Å². The maximum atomic E-state index is 13.9. The number of phenols is 1. The van der Waals surface area contributed by atoms with Gasteiger partial charge in [-0.1, -0.05) is 6.07 Å². The average Bonchev–Trinajstić information content (AvgIpc) is 2.89. The summed E-state index contributed by atoms with van der Waals surface area (Å²) in [7, 11) is 3.16. The van der Waals surface area contributed by atoms with E-state index in [4.69, 9.17) is 23.9 Å². The van der Waals surface area contributed by atoms with E-state index in [0.717, 1.165) is 11.3 Å². The van der Waals surface area contributed by atoms with Gasteiger partial charge in [-0.2, -0.15) is 0 Å². The highest BCUT2D eigenvalue weighted by molar-refractivity contribution is 9.10. The van der Waals surface area contributed by atoms with Gasteiger partial charge < -0.3 is 24.1 Å². The maximum absolute atomic E-state index is 13.9. The summed E-state index contributed by atoms with van der Waals surface area (Å²) in [5, 5.41) is 10.5. The van der Waals surface area contributed by atoms with Gasteiger partial charge in [0.25, 0.3) is 0 Å². The van der Waals surface area contributed by atoms with Crippen LogP contribution in [0.15, 0.2) is 51.1 Å². The summed E-state index contributed by atoms with van der Waals surface area (Å²) < 4.78 is 22.3. The second kappa shape index (κ2) is 11.6. The van der Waals surface area contributed by atoms with Crippen LogP contribution in [0.1, 0.15) is 56.6 Å². The second-order valence-corrected chi connectivity index (χ2v) is 10.1. The van der Waals surface area contributed by atoms with Crippen molar-refractivity contribution in [3.05, 3.63) is 57.2 Å². The minimum atomic E-state index is -0.639. The molecular weight excluding hydrogens is 554 g/mol. The molecule has 8 nitrogen and oxygen atoms in total. The van der Waals surface area contributed by atoms with E-state index in [9.17, 15) is 14.7 Å². The van der Waals surface area contributed by atoms with Crippen LogP contribution in [0.4, 0.5) is 0 Å². The van der Waals surface area contributed by atoms with Crippen LogP contribution in [-0.2, 0) is 14.3 Å². The molecule has 1 fully saturated rings. The highest BCUT2D eigenvalue weighted by atomic mass is 79.9. The molecule has 0 amide bonds. The number of methoxy groups -OCH3 is 2. The number of rotatable bonds is 8. The summed E-state index contributed by atoms with van der Waals surface area (Å²) in [6.07, 6.45) is 0.829. The lowest BCUT2D eigenvalue weighted by Gasteiger charge is -2.38. The number of allylic oxidation sites excluding steroid dienone is 1. The van der Waals surface area contributed by atoms with E-state index in [0.29, 0.717) is 45.8 Å². The van der Waals surface area contributed by atoms with Crippen LogP contribution >= 0.6 is 15.9 Å². The molecule has 1 aliphatic heterocycles. The predicted octanol–water partition coefficient (Wildman–Crippen LogP) is 5.71. The van der Waals surface area contributed by atoms with Crippen molar-refractivity contribution in [2.45, 2.75) is 45.4 Å². The Labute approximate surface area is 230 Å². The highest BCUT2D eigenvalue weighted by Crippen LogP contribution is 2.49. The Kier molecular flexibility index (Phi) is 8.45. The number of ketones is 1. The van der Waals surface area contributed by atoms with Crippen molar-refractivity contribution in [1.29, 1.82) is 0 Å². The lowest BCUT2D eigenvalue weighted by Crippen LogP contribution is -2.41. The number of Topliss-reactive ketones (excluding diaryl/α,β-unsaturated/α-hetero) is 1. The number of hydrogen-bond acceptors (Lipinski definition) is 8. The summed E-state index contributed by atoms with van der Waals surface area (Å²) >= 11 is 3.41. The number of esters is 1.